The molecule has 3 nitrogen and oxygen atoms in total. The predicted octanol–water partition coefficient (Wildman–Crippen LogP) is 2.46. The fraction of sp³-hybridized carbons (Fsp3) is 0.182. The zero-order chi connectivity index (χ0) is 12.0. The Hall–Kier alpha value is -1.91. The number of fused-ring (bicyclic) bond motifs is 1. The van der Waals surface area contributed by atoms with Gasteiger partial charge in [0.2, 0.25) is 0 Å². The average Bonchev–Trinajstić information content (AvgIpc) is 2.38. The van der Waals surface area contributed by atoms with Gasteiger partial charge < -0.3 is 9.67 Å². The van der Waals surface area contributed by atoms with E-state index in [2.05, 4.69) is 0 Å². The van der Waals surface area contributed by atoms with Gasteiger partial charge in [0, 0.05) is 24.2 Å². The number of aromatic nitrogens is 1. The molecule has 0 saturated carbocycles. The van der Waals surface area contributed by atoms with Crippen LogP contribution in [-0.4, -0.2) is 15.6 Å². The molecule has 2 rings (SSSR count). The maximum absolute atomic E-state index is 13.5. The number of aromatic carboxylic acids is 1. The summed E-state index contributed by atoms with van der Waals surface area (Å²) in [5, 5.41) is 9.09. The largest absolute Gasteiger partial charge is 0.478 e. The van der Waals surface area contributed by atoms with Crippen LogP contribution in [0, 0.1) is 18.6 Å². The van der Waals surface area contributed by atoms with Gasteiger partial charge in [-0.1, -0.05) is 0 Å². The Labute approximate surface area is 89.9 Å². The quantitative estimate of drug-likeness (QED) is 0.810. The third-order valence-electron chi connectivity index (χ3n) is 2.71. The molecule has 84 valence electrons. The summed E-state index contributed by atoms with van der Waals surface area (Å²) in [6, 6.07) is 1.78. The molecule has 0 aliphatic carbocycles. The molecule has 1 aromatic carbocycles. The Morgan fingerprint density at radius 2 is 2.00 bits per heavy atom. The highest BCUT2D eigenvalue weighted by molar-refractivity contribution is 6.05. The van der Waals surface area contributed by atoms with Gasteiger partial charge in [0.15, 0.2) is 0 Å². The van der Waals surface area contributed by atoms with Crippen molar-refractivity contribution in [1.29, 1.82) is 0 Å². The zero-order valence-corrected chi connectivity index (χ0v) is 8.71. The molecular formula is C11H9F2NO2. The van der Waals surface area contributed by atoms with Crippen molar-refractivity contribution in [2.45, 2.75) is 6.92 Å². The van der Waals surface area contributed by atoms with Crippen LogP contribution in [0.4, 0.5) is 8.78 Å². The summed E-state index contributed by atoms with van der Waals surface area (Å²) in [6.07, 6.45) is 0. The van der Waals surface area contributed by atoms with E-state index >= 15 is 0 Å². The van der Waals surface area contributed by atoms with E-state index in [1.165, 1.54) is 4.57 Å². The Kier molecular flexibility index (Phi) is 2.18. The molecule has 0 bridgehead atoms. The molecule has 0 amide bonds. The second-order valence-corrected chi connectivity index (χ2v) is 3.61. The standard InChI is InChI=1S/C11H9F2NO2/c1-5-9(11(15)16)7-3-6(12)4-8(13)10(7)14(5)2/h3-4H,1-2H3,(H,15,16). The molecule has 0 unspecified atom stereocenters. The van der Waals surface area contributed by atoms with Crippen LogP contribution in [0.25, 0.3) is 10.9 Å². The number of aryl methyl sites for hydroxylation is 1. The highest BCUT2D eigenvalue weighted by Gasteiger charge is 2.20. The normalized spacial score (nSPS) is 11.0. The van der Waals surface area contributed by atoms with E-state index in [0.29, 0.717) is 5.69 Å². The fourth-order valence-corrected chi connectivity index (χ4v) is 1.90. The zero-order valence-electron chi connectivity index (χ0n) is 8.71. The lowest BCUT2D eigenvalue weighted by molar-refractivity contribution is 0.0698. The van der Waals surface area contributed by atoms with Gasteiger partial charge in [0.25, 0.3) is 0 Å². The monoisotopic (exact) mass is 225 g/mol. The van der Waals surface area contributed by atoms with E-state index in [1.54, 1.807) is 14.0 Å². The lowest BCUT2D eigenvalue weighted by Crippen LogP contribution is -1.99. The van der Waals surface area contributed by atoms with Gasteiger partial charge in [-0.2, -0.15) is 0 Å². The minimum atomic E-state index is -1.19. The van der Waals surface area contributed by atoms with Crippen molar-refractivity contribution in [3.63, 3.8) is 0 Å². The van der Waals surface area contributed by atoms with E-state index in [1.807, 2.05) is 0 Å². The first-order valence-corrected chi connectivity index (χ1v) is 4.60. The van der Waals surface area contributed by atoms with E-state index in [0.717, 1.165) is 12.1 Å². The maximum atomic E-state index is 13.5. The number of halogens is 2. The molecule has 0 aliphatic rings. The van der Waals surface area contributed by atoms with Crippen LogP contribution in [0.5, 0.6) is 0 Å². The number of rotatable bonds is 1. The Balaban J connectivity index is 3.02. The summed E-state index contributed by atoms with van der Waals surface area (Å²) in [5.74, 6) is -2.72. The Morgan fingerprint density at radius 3 is 2.56 bits per heavy atom. The van der Waals surface area contributed by atoms with E-state index in [4.69, 9.17) is 5.11 Å². The molecule has 0 saturated heterocycles. The first-order valence-electron chi connectivity index (χ1n) is 4.60. The number of hydrogen-bond acceptors (Lipinski definition) is 1. The molecular weight excluding hydrogens is 216 g/mol. The number of benzene rings is 1. The molecule has 0 spiro atoms. The maximum Gasteiger partial charge on any atom is 0.338 e. The lowest BCUT2D eigenvalue weighted by atomic mass is 10.1. The highest BCUT2D eigenvalue weighted by Crippen LogP contribution is 2.27. The van der Waals surface area contributed by atoms with Gasteiger partial charge >= 0.3 is 5.97 Å². The molecule has 5 heteroatoms. The van der Waals surface area contributed by atoms with E-state index in [9.17, 15) is 13.6 Å². The lowest BCUT2D eigenvalue weighted by Gasteiger charge is -1.99. The van der Waals surface area contributed by atoms with Crippen molar-refractivity contribution in [3.8, 4) is 0 Å². The van der Waals surface area contributed by atoms with Gasteiger partial charge in [-0.15, -0.1) is 0 Å². The predicted molar refractivity (Wildman–Crippen MR) is 54.5 cm³/mol. The van der Waals surface area contributed by atoms with Crippen LogP contribution < -0.4 is 0 Å². The Bertz CT molecular complexity index is 602. The average molecular weight is 225 g/mol. The smallest absolute Gasteiger partial charge is 0.338 e. The van der Waals surface area contributed by atoms with Crippen LogP contribution in [0.3, 0.4) is 0 Å². The molecule has 1 aromatic heterocycles. The van der Waals surface area contributed by atoms with E-state index < -0.39 is 17.6 Å². The molecule has 1 heterocycles. The van der Waals surface area contributed by atoms with Crippen molar-refractivity contribution in [1.82, 2.24) is 4.57 Å². The van der Waals surface area contributed by atoms with Crippen LogP contribution >= 0.6 is 0 Å². The van der Waals surface area contributed by atoms with Crippen molar-refractivity contribution >= 4 is 16.9 Å². The minimum absolute atomic E-state index is 0.0594. The summed E-state index contributed by atoms with van der Waals surface area (Å²) in [4.78, 5) is 11.0. The molecule has 0 aliphatic heterocycles. The number of carbonyl (C=O) groups is 1. The highest BCUT2D eigenvalue weighted by atomic mass is 19.1. The number of carboxylic acids is 1. The summed E-state index contributed by atoms with van der Waals surface area (Å²) in [5.41, 5.74) is 0.444. The van der Waals surface area contributed by atoms with Crippen molar-refractivity contribution in [3.05, 3.63) is 35.0 Å². The Morgan fingerprint density at radius 1 is 1.38 bits per heavy atom. The fourth-order valence-electron chi connectivity index (χ4n) is 1.90. The van der Waals surface area contributed by atoms with Crippen molar-refractivity contribution in [2.24, 2.45) is 7.05 Å². The van der Waals surface area contributed by atoms with Gasteiger partial charge in [0.1, 0.15) is 11.6 Å². The first kappa shape index (κ1) is 10.6. The third kappa shape index (κ3) is 1.28. The molecule has 2 aromatic rings. The number of nitrogens with zero attached hydrogens (tertiary/aromatic N) is 1. The van der Waals surface area contributed by atoms with Crippen LogP contribution in [0.1, 0.15) is 16.1 Å². The van der Waals surface area contributed by atoms with Crippen LogP contribution in [0.2, 0.25) is 0 Å². The molecule has 0 atom stereocenters. The van der Waals surface area contributed by atoms with Crippen LogP contribution in [0.15, 0.2) is 12.1 Å². The van der Waals surface area contributed by atoms with Crippen molar-refractivity contribution in [2.75, 3.05) is 0 Å². The first-order chi connectivity index (χ1) is 7.43. The second-order valence-electron chi connectivity index (χ2n) is 3.61. The summed E-state index contributed by atoms with van der Waals surface area (Å²) >= 11 is 0. The van der Waals surface area contributed by atoms with Gasteiger partial charge in [-0.25, -0.2) is 13.6 Å². The summed E-state index contributed by atoms with van der Waals surface area (Å²) in [6.45, 7) is 1.56. The second kappa shape index (κ2) is 3.30. The SMILES string of the molecule is Cc1c(C(=O)O)c2cc(F)cc(F)c2n1C. The topological polar surface area (TPSA) is 42.2 Å². The molecule has 1 N–H and O–H groups in total. The minimum Gasteiger partial charge on any atom is -0.478 e. The molecule has 0 radical (unpaired) electrons. The molecule has 16 heavy (non-hydrogen) atoms. The van der Waals surface area contributed by atoms with E-state index in [-0.39, 0.29) is 16.5 Å². The third-order valence-corrected chi connectivity index (χ3v) is 2.71. The number of hydrogen-bond donors (Lipinski definition) is 1. The summed E-state index contributed by atoms with van der Waals surface area (Å²) < 4.78 is 28.0. The van der Waals surface area contributed by atoms with Gasteiger partial charge in [-0.05, 0) is 13.0 Å². The summed E-state index contributed by atoms with van der Waals surface area (Å²) in [7, 11) is 1.55. The van der Waals surface area contributed by atoms with Crippen molar-refractivity contribution < 1.29 is 18.7 Å². The van der Waals surface area contributed by atoms with Gasteiger partial charge in [-0.3, -0.25) is 0 Å². The van der Waals surface area contributed by atoms with Crippen LogP contribution in [-0.2, 0) is 7.05 Å². The van der Waals surface area contributed by atoms with Gasteiger partial charge in [0.05, 0.1) is 11.1 Å². The molecule has 0 fully saturated rings. The number of carboxylic acid groups (broad SMARTS) is 1.